The van der Waals surface area contributed by atoms with E-state index >= 15 is 0 Å². The molecule has 0 radical (unpaired) electrons. The van der Waals surface area contributed by atoms with E-state index in [9.17, 15) is 4.21 Å². The molecule has 0 aliphatic rings. The van der Waals surface area contributed by atoms with Crippen LogP contribution in [0.3, 0.4) is 0 Å². The van der Waals surface area contributed by atoms with Gasteiger partial charge in [-0.2, -0.15) is 0 Å². The first-order chi connectivity index (χ1) is 5.70. The van der Waals surface area contributed by atoms with Crippen LogP contribution < -0.4 is 5.32 Å². The standard InChI is InChI=1S/C6H11N3OS2/c1-5(12(2)10)3-7-6-9-8-4-11-6/h4-5H,3H2,1-2H3,(H,7,9). The molecule has 0 saturated heterocycles. The van der Waals surface area contributed by atoms with Crippen LogP contribution in [-0.2, 0) is 10.8 Å². The van der Waals surface area contributed by atoms with E-state index in [4.69, 9.17) is 0 Å². The lowest BCUT2D eigenvalue weighted by Gasteiger charge is -2.07. The molecular weight excluding hydrogens is 194 g/mol. The molecule has 2 atom stereocenters. The molecule has 1 rings (SSSR count). The Labute approximate surface area is 77.9 Å². The molecule has 0 fully saturated rings. The largest absolute Gasteiger partial charge is 0.359 e. The van der Waals surface area contributed by atoms with Crippen molar-refractivity contribution in [1.29, 1.82) is 0 Å². The number of aromatic nitrogens is 2. The predicted molar refractivity (Wildman–Crippen MR) is 51.9 cm³/mol. The molecule has 68 valence electrons. The summed E-state index contributed by atoms with van der Waals surface area (Å²) in [5.74, 6) is 0. The smallest absolute Gasteiger partial charge is 0.205 e. The Bertz CT molecular complexity index is 249. The van der Waals surface area contributed by atoms with Gasteiger partial charge in [-0.1, -0.05) is 11.3 Å². The highest BCUT2D eigenvalue weighted by Crippen LogP contribution is 2.07. The molecule has 0 saturated carbocycles. The molecule has 1 heterocycles. The number of rotatable bonds is 4. The Kier molecular flexibility index (Phi) is 3.61. The zero-order valence-corrected chi connectivity index (χ0v) is 8.61. The van der Waals surface area contributed by atoms with Crippen molar-refractivity contribution in [1.82, 2.24) is 10.2 Å². The monoisotopic (exact) mass is 205 g/mol. The first-order valence-electron chi connectivity index (χ1n) is 3.52. The van der Waals surface area contributed by atoms with Gasteiger partial charge in [-0.05, 0) is 6.92 Å². The van der Waals surface area contributed by atoms with Crippen LogP contribution in [0.15, 0.2) is 5.51 Å². The van der Waals surface area contributed by atoms with Crippen molar-refractivity contribution in [2.75, 3.05) is 18.1 Å². The molecule has 1 N–H and O–H groups in total. The summed E-state index contributed by atoms with van der Waals surface area (Å²) in [5, 5.41) is 11.5. The number of nitrogens with one attached hydrogen (secondary N) is 1. The van der Waals surface area contributed by atoms with Gasteiger partial charge in [0.05, 0.1) is 0 Å². The number of anilines is 1. The average Bonchev–Trinajstić information content (AvgIpc) is 2.51. The Hall–Kier alpha value is -0.490. The van der Waals surface area contributed by atoms with Gasteiger partial charge in [0, 0.05) is 28.9 Å². The van der Waals surface area contributed by atoms with E-state index in [-0.39, 0.29) is 5.25 Å². The first-order valence-corrected chi connectivity index (χ1v) is 6.02. The van der Waals surface area contributed by atoms with Gasteiger partial charge < -0.3 is 5.32 Å². The lowest BCUT2D eigenvalue weighted by molar-refractivity contribution is 0.679. The van der Waals surface area contributed by atoms with Gasteiger partial charge in [0.25, 0.3) is 0 Å². The van der Waals surface area contributed by atoms with Crippen molar-refractivity contribution in [3.63, 3.8) is 0 Å². The Morgan fingerprint density at radius 2 is 2.58 bits per heavy atom. The van der Waals surface area contributed by atoms with Crippen LogP contribution >= 0.6 is 11.3 Å². The topological polar surface area (TPSA) is 54.9 Å². The molecule has 0 bridgehead atoms. The Balaban J connectivity index is 2.31. The fourth-order valence-electron chi connectivity index (χ4n) is 0.598. The summed E-state index contributed by atoms with van der Waals surface area (Å²) < 4.78 is 10.9. The normalized spacial score (nSPS) is 15.5. The molecular formula is C6H11N3OS2. The van der Waals surface area contributed by atoms with Gasteiger partial charge in [-0.15, -0.1) is 10.2 Å². The minimum atomic E-state index is -0.778. The third-order valence-corrected chi connectivity index (χ3v) is 3.42. The summed E-state index contributed by atoms with van der Waals surface area (Å²) in [6.45, 7) is 2.61. The lowest BCUT2D eigenvalue weighted by atomic mass is 10.5. The highest BCUT2D eigenvalue weighted by Gasteiger charge is 2.05. The lowest BCUT2D eigenvalue weighted by Crippen LogP contribution is -2.20. The summed E-state index contributed by atoms with van der Waals surface area (Å²) in [6, 6.07) is 0. The van der Waals surface area contributed by atoms with Gasteiger partial charge in [-0.25, -0.2) is 0 Å². The van der Waals surface area contributed by atoms with E-state index in [1.165, 1.54) is 11.3 Å². The van der Waals surface area contributed by atoms with Gasteiger partial charge in [0.2, 0.25) is 5.13 Å². The third kappa shape index (κ3) is 2.86. The molecule has 6 heteroatoms. The number of hydrogen-bond acceptors (Lipinski definition) is 5. The Morgan fingerprint density at radius 3 is 3.08 bits per heavy atom. The van der Waals surface area contributed by atoms with Crippen LogP contribution in [0.1, 0.15) is 6.92 Å². The molecule has 12 heavy (non-hydrogen) atoms. The second kappa shape index (κ2) is 4.51. The average molecular weight is 205 g/mol. The molecule has 2 unspecified atom stereocenters. The molecule has 0 spiro atoms. The van der Waals surface area contributed by atoms with Gasteiger partial charge in [0.1, 0.15) is 5.51 Å². The highest BCUT2D eigenvalue weighted by molar-refractivity contribution is 7.84. The summed E-state index contributed by atoms with van der Waals surface area (Å²) in [6.07, 6.45) is 1.70. The molecule has 0 aliphatic heterocycles. The second-order valence-electron chi connectivity index (χ2n) is 2.43. The van der Waals surface area contributed by atoms with E-state index in [0.29, 0.717) is 6.54 Å². The van der Waals surface area contributed by atoms with E-state index in [1.54, 1.807) is 11.8 Å². The SMILES string of the molecule is CC(CNc1nncs1)S(C)=O. The summed E-state index contributed by atoms with van der Waals surface area (Å²) in [4.78, 5) is 0. The van der Waals surface area contributed by atoms with Gasteiger partial charge >= 0.3 is 0 Å². The number of hydrogen-bond donors (Lipinski definition) is 1. The minimum absolute atomic E-state index is 0.147. The maximum atomic E-state index is 10.9. The molecule has 0 aliphatic carbocycles. The maximum absolute atomic E-state index is 10.9. The minimum Gasteiger partial charge on any atom is -0.359 e. The van der Waals surface area contributed by atoms with Crippen LogP contribution in [0.4, 0.5) is 5.13 Å². The van der Waals surface area contributed by atoms with Crippen LogP contribution in [0.2, 0.25) is 0 Å². The van der Waals surface area contributed by atoms with Crippen molar-refractivity contribution in [2.24, 2.45) is 0 Å². The zero-order valence-electron chi connectivity index (χ0n) is 6.98. The third-order valence-electron chi connectivity index (χ3n) is 1.47. The van der Waals surface area contributed by atoms with Gasteiger partial charge in [-0.3, -0.25) is 4.21 Å². The van der Waals surface area contributed by atoms with E-state index < -0.39 is 10.8 Å². The highest BCUT2D eigenvalue weighted by atomic mass is 32.2. The van der Waals surface area contributed by atoms with Crippen molar-refractivity contribution >= 4 is 27.3 Å². The van der Waals surface area contributed by atoms with Crippen LogP contribution in [0, 0.1) is 0 Å². The second-order valence-corrected chi connectivity index (χ2v) is 5.07. The summed E-state index contributed by atoms with van der Waals surface area (Å²) in [5.41, 5.74) is 1.66. The van der Waals surface area contributed by atoms with Crippen LogP contribution in [0.25, 0.3) is 0 Å². The number of nitrogens with zero attached hydrogens (tertiary/aromatic N) is 2. The van der Waals surface area contributed by atoms with Crippen molar-refractivity contribution in [3.8, 4) is 0 Å². The zero-order chi connectivity index (χ0) is 8.97. The van der Waals surface area contributed by atoms with Crippen molar-refractivity contribution < 1.29 is 4.21 Å². The maximum Gasteiger partial charge on any atom is 0.205 e. The first kappa shape index (κ1) is 9.60. The van der Waals surface area contributed by atoms with Gasteiger partial charge in [0.15, 0.2) is 0 Å². The fraction of sp³-hybridized carbons (Fsp3) is 0.667. The molecule has 1 aromatic rings. The van der Waals surface area contributed by atoms with Crippen molar-refractivity contribution in [2.45, 2.75) is 12.2 Å². The quantitative estimate of drug-likeness (QED) is 0.787. The molecule has 1 aromatic heterocycles. The summed E-state index contributed by atoms with van der Waals surface area (Å²) >= 11 is 1.44. The van der Waals surface area contributed by atoms with E-state index in [2.05, 4.69) is 15.5 Å². The summed E-state index contributed by atoms with van der Waals surface area (Å²) in [7, 11) is -0.778. The predicted octanol–water partition coefficient (Wildman–Crippen LogP) is 0.717. The molecule has 0 amide bonds. The van der Waals surface area contributed by atoms with E-state index in [1.807, 2.05) is 6.92 Å². The van der Waals surface area contributed by atoms with Crippen molar-refractivity contribution in [3.05, 3.63) is 5.51 Å². The van der Waals surface area contributed by atoms with Crippen LogP contribution in [0.5, 0.6) is 0 Å². The van der Waals surface area contributed by atoms with E-state index in [0.717, 1.165) is 5.13 Å². The fourth-order valence-corrected chi connectivity index (χ4v) is 1.37. The molecule has 0 aromatic carbocycles. The van der Waals surface area contributed by atoms with Crippen LogP contribution in [-0.4, -0.2) is 32.5 Å². The molecule has 4 nitrogen and oxygen atoms in total. The Morgan fingerprint density at radius 1 is 1.83 bits per heavy atom.